The number of hydrogen-bond donors (Lipinski definition) is 2. The van der Waals surface area contributed by atoms with Crippen molar-refractivity contribution in [2.75, 3.05) is 13.1 Å². The van der Waals surface area contributed by atoms with E-state index in [2.05, 4.69) is 0 Å². The molecule has 2 fully saturated rings. The lowest BCUT2D eigenvalue weighted by molar-refractivity contribution is -0.151. The molecular weight excluding hydrogens is 312 g/mol. The number of rotatable bonds is 4. The lowest BCUT2D eigenvalue weighted by atomic mass is 9.97. The van der Waals surface area contributed by atoms with Gasteiger partial charge in [-0.1, -0.05) is 0 Å². The van der Waals surface area contributed by atoms with Crippen molar-refractivity contribution in [2.45, 2.75) is 12.8 Å². The van der Waals surface area contributed by atoms with Crippen molar-refractivity contribution in [3.8, 4) is 0 Å². The fraction of sp³-hybridized carbons (Fsp3) is 0.400. The Morgan fingerprint density at radius 1 is 1.00 bits per heavy atom. The fourth-order valence-corrected chi connectivity index (χ4v) is 3.46. The minimum absolute atomic E-state index is 0.0109. The molecular formula is C15H13F2NO5. The maximum atomic E-state index is 13.1. The van der Waals surface area contributed by atoms with Crippen LogP contribution < -0.4 is 0 Å². The molecule has 0 bridgehead atoms. The Bertz CT molecular complexity index is 688. The van der Waals surface area contributed by atoms with E-state index in [1.54, 1.807) is 0 Å². The van der Waals surface area contributed by atoms with Gasteiger partial charge in [0.15, 0.2) is 0 Å². The first-order chi connectivity index (χ1) is 10.7. The van der Waals surface area contributed by atoms with Crippen LogP contribution in [0.15, 0.2) is 18.2 Å². The Kier molecular flexibility index (Phi) is 3.17. The quantitative estimate of drug-likeness (QED) is 0.857. The van der Waals surface area contributed by atoms with E-state index in [0.717, 1.165) is 17.0 Å². The number of likely N-dealkylation sites (tertiary alicyclic amines) is 1. The van der Waals surface area contributed by atoms with Crippen molar-refractivity contribution in [1.29, 1.82) is 0 Å². The van der Waals surface area contributed by atoms with Crippen LogP contribution in [-0.4, -0.2) is 46.0 Å². The third-order valence-corrected chi connectivity index (χ3v) is 4.77. The van der Waals surface area contributed by atoms with Gasteiger partial charge in [0.1, 0.15) is 22.5 Å². The molecule has 1 amide bonds. The van der Waals surface area contributed by atoms with Gasteiger partial charge in [0.25, 0.3) is 0 Å². The molecule has 1 aliphatic carbocycles. The number of carboxylic acid groups (broad SMARTS) is 2. The largest absolute Gasteiger partial charge is 0.481 e. The average molecular weight is 325 g/mol. The molecule has 2 aliphatic rings. The molecule has 122 valence electrons. The minimum Gasteiger partial charge on any atom is -0.481 e. The van der Waals surface area contributed by atoms with Crippen molar-refractivity contribution in [3.05, 3.63) is 35.4 Å². The number of benzene rings is 1. The number of hydrogen-bond acceptors (Lipinski definition) is 3. The summed E-state index contributed by atoms with van der Waals surface area (Å²) in [5, 5.41) is 18.6. The number of piperidine rings is 1. The molecule has 0 radical (unpaired) electrons. The summed E-state index contributed by atoms with van der Waals surface area (Å²) in [6, 6.07) is 2.70. The molecule has 1 saturated carbocycles. The molecule has 2 atom stereocenters. The highest BCUT2D eigenvalue weighted by molar-refractivity contribution is 5.96. The standard InChI is InChI=1S/C15H13F2NO5/c16-9-1-8(2-10(17)4-9)3-11(19)18-6-14(12(20)21)5-15(14,7-18)13(22)23/h1-2,4H,3,5-7H2,(H,20,21)(H,22,23)/t14-,15+. The molecule has 2 N–H and O–H groups in total. The lowest BCUT2D eigenvalue weighted by Crippen LogP contribution is -2.35. The van der Waals surface area contributed by atoms with E-state index in [0.29, 0.717) is 6.07 Å². The number of amides is 1. The monoisotopic (exact) mass is 325 g/mol. The predicted molar refractivity (Wildman–Crippen MR) is 71.4 cm³/mol. The van der Waals surface area contributed by atoms with E-state index in [1.165, 1.54) is 0 Å². The van der Waals surface area contributed by atoms with Crippen LogP contribution in [0.3, 0.4) is 0 Å². The topological polar surface area (TPSA) is 94.9 Å². The Hall–Kier alpha value is -2.51. The SMILES string of the molecule is O=C(Cc1cc(F)cc(F)c1)N1C[C@@]2(C(=O)O)C[C@@]2(C(=O)O)C1. The summed E-state index contributed by atoms with van der Waals surface area (Å²) in [5.74, 6) is -4.68. The summed E-state index contributed by atoms with van der Waals surface area (Å²) in [4.78, 5) is 36.2. The predicted octanol–water partition coefficient (Wildman–Crippen LogP) is 0.895. The normalized spacial score (nSPS) is 28.3. The molecule has 3 rings (SSSR count). The fourth-order valence-electron chi connectivity index (χ4n) is 3.46. The molecule has 1 aromatic rings. The first-order valence-electron chi connectivity index (χ1n) is 6.90. The number of fused-ring (bicyclic) bond motifs is 1. The van der Waals surface area contributed by atoms with E-state index < -0.39 is 40.3 Å². The number of carbonyl (C=O) groups excluding carboxylic acids is 1. The Balaban J connectivity index is 1.78. The first-order valence-corrected chi connectivity index (χ1v) is 6.90. The lowest BCUT2D eigenvalue weighted by Gasteiger charge is -2.20. The van der Waals surface area contributed by atoms with Crippen molar-refractivity contribution in [1.82, 2.24) is 4.90 Å². The van der Waals surface area contributed by atoms with Crippen molar-refractivity contribution < 1.29 is 33.4 Å². The number of nitrogens with zero attached hydrogens (tertiary/aromatic N) is 1. The Labute approximate surface area is 129 Å². The first kappa shape index (κ1) is 15.4. The van der Waals surface area contributed by atoms with Gasteiger partial charge in [-0.2, -0.15) is 0 Å². The van der Waals surface area contributed by atoms with E-state index in [-0.39, 0.29) is 31.5 Å². The highest BCUT2D eigenvalue weighted by Gasteiger charge is 2.81. The van der Waals surface area contributed by atoms with E-state index in [9.17, 15) is 33.4 Å². The van der Waals surface area contributed by atoms with Gasteiger partial charge in [-0.25, -0.2) is 8.78 Å². The van der Waals surface area contributed by atoms with Gasteiger partial charge in [-0.3, -0.25) is 14.4 Å². The van der Waals surface area contributed by atoms with E-state index >= 15 is 0 Å². The average Bonchev–Trinajstić information content (AvgIpc) is 2.96. The highest BCUT2D eigenvalue weighted by Crippen LogP contribution is 2.68. The molecule has 0 unspecified atom stereocenters. The molecule has 8 heteroatoms. The summed E-state index contributed by atoms with van der Waals surface area (Å²) in [7, 11) is 0. The van der Waals surface area contributed by atoms with Crippen molar-refractivity contribution >= 4 is 17.8 Å². The Morgan fingerprint density at radius 2 is 1.48 bits per heavy atom. The van der Waals surface area contributed by atoms with Gasteiger partial charge in [0.2, 0.25) is 5.91 Å². The smallest absolute Gasteiger partial charge is 0.312 e. The molecule has 1 aliphatic heterocycles. The van der Waals surface area contributed by atoms with Crippen LogP contribution >= 0.6 is 0 Å². The van der Waals surface area contributed by atoms with E-state index in [1.807, 2.05) is 0 Å². The molecule has 23 heavy (non-hydrogen) atoms. The van der Waals surface area contributed by atoms with Crippen molar-refractivity contribution in [2.24, 2.45) is 10.8 Å². The highest BCUT2D eigenvalue weighted by atomic mass is 19.1. The van der Waals surface area contributed by atoms with Gasteiger partial charge in [-0.15, -0.1) is 0 Å². The number of halogens is 2. The molecule has 6 nitrogen and oxygen atoms in total. The molecule has 1 heterocycles. The van der Waals surface area contributed by atoms with Gasteiger partial charge >= 0.3 is 11.9 Å². The van der Waals surface area contributed by atoms with Crippen LogP contribution in [-0.2, 0) is 20.8 Å². The number of carbonyl (C=O) groups is 3. The van der Waals surface area contributed by atoms with E-state index in [4.69, 9.17) is 0 Å². The zero-order valence-electron chi connectivity index (χ0n) is 11.9. The summed E-state index contributed by atoms with van der Waals surface area (Å²) in [6.07, 6.45) is -0.330. The van der Waals surface area contributed by atoms with Crippen LogP contribution in [0.5, 0.6) is 0 Å². The second-order valence-electron chi connectivity index (χ2n) is 6.16. The second kappa shape index (κ2) is 4.74. The summed E-state index contributed by atoms with van der Waals surface area (Å²) < 4.78 is 26.3. The van der Waals surface area contributed by atoms with Crippen LogP contribution in [0, 0.1) is 22.5 Å². The summed E-state index contributed by atoms with van der Waals surface area (Å²) >= 11 is 0. The molecule has 0 aromatic heterocycles. The van der Waals surface area contributed by atoms with Gasteiger partial charge in [0.05, 0.1) is 6.42 Å². The minimum atomic E-state index is -1.46. The maximum Gasteiger partial charge on any atom is 0.312 e. The second-order valence-corrected chi connectivity index (χ2v) is 6.16. The van der Waals surface area contributed by atoms with Crippen LogP contribution in [0.4, 0.5) is 8.78 Å². The number of carboxylic acids is 2. The third-order valence-electron chi connectivity index (χ3n) is 4.77. The number of aliphatic carboxylic acids is 2. The van der Waals surface area contributed by atoms with Crippen LogP contribution in [0.25, 0.3) is 0 Å². The van der Waals surface area contributed by atoms with Crippen LogP contribution in [0.2, 0.25) is 0 Å². The van der Waals surface area contributed by atoms with Gasteiger partial charge in [0, 0.05) is 19.2 Å². The van der Waals surface area contributed by atoms with Crippen LogP contribution in [0.1, 0.15) is 12.0 Å². The third kappa shape index (κ3) is 2.16. The molecule has 1 aromatic carbocycles. The van der Waals surface area contributed by atoms with Crippen molar-refractivity contribution in [3.63, 3.8) is 0 Å². The molecule has 1 saturated heterocycles. The zero-order chi connectivity index (χ0) is 17.0. The maximum absolute atomic E-state index is 13.1. The zero-order valence-corrected chi connectivity index (χ0v) is 11.9. The summed E-state index contributed by atoms with van der Waals surface area (Å²) in [5.41, 5.74) is -2.80. The molecule has 0 spiro atoms. The van der Waals surface area contributed by atoms with Gasteiger partial charge in [-0.05, 0) is 24.1 Å². The Morgan fingerprint density at radius 3 is 1.91 bits per heavy atom. The van der Waals surface area contributed by atoms with Gasteiger partial charge < -0.3 is 15.1 Å². The summed E-state index contributed by atoms with van der Waals surface area (Å²) in [6.45, 7) is -0.406.